The van der Waals surface area contributed by atoms with E-state index in [2.05, 4.69) is 4.90 Å². The molecular weight excluding hydrogens is 221 g/mol. The Morgan fingerprint density at radius 3 is 2.59 bits per heavy atom. The summed E-state index contributed by atoms with van der Waals surface area (Å²) < 4.78 is 12.8. The second-order valence-corrected chi connectivity index (χ2v) is 4.45. The molecule has 0 amide bonds. The minimum Gasteiger partial charge on any atom is -0.481 e. The standard InChI is InChI=1S/C13H16FNO2/c1-2-15-7-11(12(8-15)13(16)17)9-3-5-10(14)6-4-9/h3-6,11-12H,2,7-8H2,1H3,(H,16,17). The van der Waals surface area contributed by atoms with Crippen LogP contribution in [-0.2, 0) is 4.79 Å². The molecule has 4 heteroatoms. The monoisotopic (exact) mass is 237 g/mol. The van der Waals surface area contributed by atoms with Crippen molar-refractivity contribution in [3.63, 3.8) is 0 Å². The van der Waals surface area contributed by atoms with Gasteiger partial charge in [-0.3, -0.25) is 4.79 Å². The lowest BCUT2D eigenvalue weighted by molar-refractivity contribution is -0.141. The molecule has 0 saturated carbocycles. The quantitative estimate of drug-likeness (QED) is 0.873. The van der Waals surface area contributed by atoms with Crippen molar-refractivity contribution in [3.05, 3.63) is 35.6 Å². The van der Waals surface area contributed by atoms with Crippen LogP contribution in [0.5, 0.6) is 0 Å². The van der Waals surface area contributed by atoms with Gasteiger partial charge in [0.15, 0.2) is 0 Å². The van der Waals surface area contributed by atoms with Gasteiger partial charge in [0.1, 0.15) is 5.82 Å². The first-order chi connectivity index (χ1) is 8.11. The molecule has 1 saturated heterocycles. The molecule has 2 rings (SSSR count). The summed E-state index contributed by atoms with van der Waals surface area (Å²) in [5, 5.41) is 9.21. The number of likely N-dealkylation sites (N-methyl/N-ethyl adjacent to an activating group) is 1. The van der Waals surface area contributed by atoms with E-state index >= 15 is 0 Å². The third-order valence-electron chi connectivity index (χ3n) is 3.46. The number of carboxylic acid groups (broad SMARTS) is 1. The van der Waals surface area contributed by atoms with Gasteiger partial charge in [0, 0.05) is 19.0 Å². The summed E-state index contributed by atoms with van der Waals surface area (Å²) in [6.07, 6.45) is 0. The van der Waals surface area contributed by atoms with Gasteiger partial charge >= 0.3 is 5.97 Å². The highest BCUT2D eigenvalue weighted by molar-refractivity contribution is 5.72. The van der Waals surface area contributed by atoms with Crippen LogP contribution in [0.15, 0.2) is 24.3 Å². The van der Waals surface area contributed by atoms with E-state index < -0.39 is 5.97 Å². The zero-order valence-electron chi connectivity index (χ0n) is 9.77. The van der Waals surface area contributed by atoms with Crippen molar-refractivity contribution in [1.82, 2.24) is 4.90 Å². The predicted molar refractivity (Wildman–Crippen MR) is 62.4 cm³/mol. The summed E-state index contributed by atoms with van der Waals surface area (Å²) in [5.74, 6) is -1.48. The molecule has 2 unspecified atom stereocenters. The van der Waals surface area contributed by atoms with E-state index in [9.17, 15) is 14.3 Å². The third-order valence-corrected chi connectivity index (χ3v) is 3.46. The molecule has 1 aromatic carbocycles. The Kier molecular flexibility index (Phi) is 3.43. The summed E-state index contributed by atoms with van der Waals surface area (Å²) in [4.78, 5) is 13.3. The summed E-state index contributed by atoms with van der Waals surface area (Å²) >= 11 is 0. The highest BCUT2D eigenvalue weighted by Gasteiger charge is 2.37. The Bertz CT molecular complexity index is 404. The third kappa shape index (κ3) is 2.47. The van der Waals surface area contributed by atoms with Gasteiger partial charge in [-0.25, -0.2) is 4.39 Å². The summed E-state index contributed by atoms with van der Waals surface area (Å²) in [6, 6.07) is 6.16. The molecule has 0 spiro atoms. The molecule has 0 radical (unpaired) electrons. The highest BCUT2D eigenvalue weighted by atomic mass is 19.1. The maximum Gasteiger partial charge on any atom is 0.308 e. The number of carboxylic acids is 1. The topological polar surface area (TPSA) is 40.5 Å². The Morgan fingerprint density at radius 1 is 1.41 bits per heavy atom. The fourth-order valence-corrected chi connectivity index (χ4v) is 2.44. The second kappa shape index (κ2) is 4.84. The minimum absolute atomic E-state index is 0.0342. The van der Waals surface area contributed by atoms with Crippen LogP contribution in [0, 0.1) is 11.7 Å². The van der Waals surface area contributed by atoms with E-state index in [4.69, 9.17) is 0 Å². The van der Waals surface area contributed by atoms with Crippen molar-refractivity contribution in [3.8, 4) is 0 Å². The number of aliphatic carboxylic acids is 1. The second-order valence-electron chi connectivity index (χ2n) is 4.45. The van der Waals surface area contributed by atoms with Gasteiger partial charge in [-0.15, -0.1) is 0 Å². The maximum atomic E-state index is 12.8. The molecule has 0 bridgehead atoms. The van der Waals surface area contributed by atoms with Crippen LogP contribution in [0.3, 0.4) is 0 Å². The molecule has 1 aliphatic heterocycles. The van der Waals surface area contributed by atoms with Gasteiger partial charge in [-0.1, -0.05) is 19.1 Å². The molecule has 1 heterocycles. The van der Waals surface area contributed by atoms with E-state index in [0.29, 0.717) is 6.54 Å². The van der Waals surface area contributed by atoms with Crippen LogP contribution < -0.4 is 0 Å². The van der Waals surface area contributed by atoms with Crippen molar-refractivity contribution in [2.24, 2.45) is 5.92 Å². The number of likely N-dealkylation sites (tertiary alicyclic amines) is 1. The van der Waals surface area contributed by atoms with Crippen LogP contribution in [0.25, 0.3) is 0 Å². The number of hydrogen-bond donors (Lipinski definition) is 1. The Balaban J connectivity index is 2.23. The predicted octanol–water partition coefficient (Wildman–Crippen LogP) is 1.95. The van der Waals surface area contributed by atoms with E-state index in [0.717, 1.165) is 18.7 Å². The summed E-state index contributed by atoms with van der Waals surface area (Å²) in [5.41, 5.74) is 0.912. The first-order valence-electron chi connectivity index (χ1n) is 5.82. The normalized spacial score (nSPS) is 25.1. The number of halogens is 1. The van der Waals surface area contributed by atoms with Gasteiger partial charge in [-0.05, 0) is 24.2 Å². The molecule has 1 aliphatic rings. The van der Waals surface area contributed by atoms with Crippen LogP contribution in [0.2, 0.25) is 0 Å². The summed E-state index contributed by atoms with van der Waals surface area (Å²) in [7, 11) is 0. The molecule has 1 aromatic rings. The van der Waals surface area contributed by atoms with Crippen molar-refractivity contribution in [1.29, 1.82) is 0 Å². The lowest BCUT2D eigenvalue weighted by atomic mass is 9.89. The molecular formula is C13H16FNO2. The van der Waals surface area contributed by atoms with Crippen molar-refractivity contribution < 1.29 is 14.3 Å². The Morgan fingerprint density at radius 2 is 2.06 bits per heavy atom. The smallest absolute Gasteiger partial charge is 0.308 e. The molecule has 0 aliphatic carbocycles. The van der Waals surface area contributed by atoms with Gasteiger partial charge in [0.05, 0.1) is 5.92 Å². The lowest BCUT2D eigenvalue weighted by Crippen LogP contribution is -2.23. The SMILES string of the molecule is CCN1CC(C(=O)O)C(c2ccc(F)cc2)C1. The first kappa shape index (κ1) is 12.0. The van der Waals surface area contributed by atoms with Gasteiger partial charge < -0.3 is 10.0 Å². The molecule has 1 fully saturated rings. The average molecular weight is 237 g/mol. The number of benzene rings is 1. The van der Waals surface area contributed by atoms with E-state index in [1.54, 1.807) is 12.1 Å². The van der Waals surface area contributed by atoms with Gasteiger partial charge in [-0.2, -0.15) is 0 Å². The van der Waals surface area contributed by atoms with Gasteiger partial charge in [0.2, 0.25) is 0 Å². The number of hydrogen-bond acceptors (Lipinski definition) is 2. The zero-order valence-corrected chi connectivity index (χ0v) is 9.77. The largest absolute Gasteiger partial charge is 0.481 e. The van der Waals surface area contributed by atoms with Crippen molar-refractivity contribution >= 4 is 5.97 Å². The van der Waals surface area contributed by atoms with Crippen molar-refractivity contribution in [2.45, 2.75) is 12.8 Å². The lowest BCUT2D eigenvalue weighted by Gasteiger charge is -2.15. The van der Waals surface area contributed by atoms with Crippen LogP contribution in [0.1, 0.15) is 18.4 Å². The van der Waals surface area contributed by atoms with E-state index in [1.807, 2.05) is 6.92 Å². The minimum atomic E-state index is -0.768. The fraction of sp³-hybridized carbons (Fsp3) is 0.462. The molecule has 2 atom stereocenters. The fourth-order valence-electron chi connectivity index (χ4n) is 2.44. The summed E-state index contributed by atoms with van der Waals surface area (Å²) in [6.45, 7) is 4.18. The van der Waals surface area contributed by atoms with Crippen LogP contribution >= 0.6 is 0 Å². The molecule has 17 heavy (non-hydrogen) atoms. The van der Waals surface area contributed by atoms with Crippen molar-refractivity contribution in [2.75, 3.05) is 19.6 Å². The average Bonchev–Trinajstić information content (AvgIpc) is 2.74. The molecule has 0 aromatic heterocycles. The van der Waals surface area contributed by atoms with Gasteiger partial charge in [0.25, 0.3) is 0 Å². The maximum absolute atomic E-state index is 12.8. The molecule has 92 valence electrons. The number of rotatable bonds is 3. The molecule has 1 N–H and O–H groups in total. The first-order valence-corrected chi connectivity index (χ1v) is 5.82. The van der Waals surface area contributed by atoms with Crippen LogP contribution in [0.4, 0.5) is 4.39 Å². The Labute approximate surface area is 99.9 Å². The number of nitrogens with zero attached hydrogens (tertiary/aromatic N) is 1. The van der Waals surface area contributed by atoms with Crippen LogP contribution in [-0.4, -0.2) is 35.6 Å². The van der Waals surface area contributed by atoms with E-state index in [1.165, 1.54) is 12.1 Å². The van der Waals surface area contributed by atoms with E-state index in [-0.39, 0.29) is 17.7 Å². The Hall–Kier alpha value is -1.42. The number of carbonyl (C=O) groups is 1. The highest BCUT2D eigenvalue weighted by Crippen LogP contribution is 2.32. The zero-order chi connectivity index (χ0) is 12.4. The molecule has 3 nitrogen and oxygen atoms in total.